The summed E-state index contributed by atoms with van der Waals surface area (Å²) in [4.78, 5) is 73.0. The Bertz CT molecular complexity index is 2030. The van der Waals surface area contributed by atoms with E-state index in [0.717, 1.165) is 75.5 Å². The maximum absolute atomic E-state index is 15.0. The number of carbonyl (C=O) groups excluding carboxylic acids is 4. The van der Waals surface area contributed by atoms with Gasteiger partial charge >= 0.3 is 11.9 Å². The van der Waals surface area contributed by atoms with Gasteiger partial charge in [0.2, 0.25) is 5.91 Å². The van der Waals surface area contributed by atoms with Crippen LogP contribution in [0.3, 0.4) is 0 Å². The molecule has 0 radical (unpaired) electrons. The summed E-state index contributed by atoms with van der Waals surface area (Å²) in [5.74, 6) is -1.34. The van der Waals surface area contributed by atoms with Crippen LogP contribution in [0.15, 0.2) is 29.5 Å². The standard InChI is InChI=1S/C51H73N3O7/c1-29(2)39-35(55)27-51(54-44(60)50(20-12-11-13-21-50)53-41(56)31-15-14-30(3)52-28-31)25-24-48(9)32(40(39)51)16-17-37-47(8)22-19-38(46(6,7)36(47)18-23-49(37,48)10)61-43(59)34-26-33(42(57)58)45(34,4)5/h14-15,28-29,32-34,36-38H,11-13,16-27H2,1-10H3,(H,53,56)(H,54,60)(H,57,58)/t32-,33+,34-,36+,37-,38+,47+,48-,49-,51-/m1/s1. The molecule has 0 spiro atoms. The second kappa shape index (κ2) is 14.8. The van der Waals surface area contributed by atoms with Gasteiger partial charge in [0.05, 0.1) is 22.9 Å². The van der Waals surface area contributed by atoms with Gasteiger partial charge in [-0.1, -0.05) is 81.6 Å². The van der Waals surface area contributed by atoms with Crippen LogP contribution in [0, 0.1) is 69.5 Å². The van der Waals surface area contributed by atoms with E-state index >= 15 is 4.79 Å². The lowest BCUT2D eigenvalue weighted by atomic mass is 9.33. The lowest BCUT2D eigenvalue weighted by Crippen LogP contribution is -2.69. The van der Waals surface area contributed by atoms with Gasteiger partial charge in [0, 0.05) is 23.7 Å². The summed E-state index contributed by atoms with van der Waals surface area (Å²) >= 11 is 0. The minimum Gasteiger partial charge on any atom is -0.481 e. The van der Waals surface area contributed by atoms with Gasteiger partial charge in [-0.25, -0.2) is 0 Å². The summed E-state index contributed by atoms with van der Waals surface area (Å²) < 4.78 is 6.44. The van der Waals surface area contributed by atoms with Crippen LogP contribution in [0.5, 0.6) is 0 Å². The van der Waals surface area contributed by atoms with Crippen LogP contribution in [0.25, 0.3) is 0 Å². The Labute approximate surface area is 364 Å². The third-order valence-corrected chi connectivity index (χ3v) is 19.5. The van der Waals surface area contributed by atoms with Crippen molar-refractivity contribution in [2.45, 2.75) is 183 Å². The number of aromatic nitrogens is 1. The van der Waals surface area contributed by atoms with Crippen molar-refractivity contribution in [3.8, 4) is 0 Å². The first-order valence-electron chi connectivity index (χ1n) is 23.8. The average molecular weight is 840 g/mol. The van der Waals surface area contributed by atoms with E-state index in [1.54, 1.807) is 12.3 Å². The molecule has 334 valence electrons. The molecule has 6 saturated carbocycles. The van der Waals surface area contributed by atoms with Crippen molar-refractivity contribution in [2.24, 2.45) is 62.6 Å². The number of ketones is 1. The Hall–Kier alpha value is -3.56. The van der Waals surface area contributed by atoms with Gasteiger partial charge in [-0.2, -0.15) is 0 Å². The van der Waals surface area contributed by atoms with E-state index in [9.17, 15) is 24.3 Å². The summed E-state index contributed by atoms with van der Waals surface area (Å²) in [6.07, 6.45) is 13.2. The predicted molar refractivity (Wildman–Crippen MR) is 233 cm³/mol. The molecule has 10 heteroatoms. The highest BCUT2D eigenvalue weighted by Crippen LogP contribution is 2.76. The third-order valence-electron chi connectivity index (χ3n) is 19.5. The Morgan fingerprint density at radius 3 is 2.11 bits per heavy atom. The number of rotatable bonds is 8. The van der Waals surface area contributed by atoms with Crippen LogP contribution in [-0.2, 0) is 23.9 Å². The molecule has 1 aromatic rings. The molecule has 10 atom stereocenters. The van der Waals surface area contributed by atoms with E-state index in [4.69, 9.17) is 4.74 Å². The van der Waals surface area contributed by atoms with Gasteiger partial charge in [0.1, 0.15) is 11.6 Å². The number of carboxylic acids is 1. The van der Waals surface area contributed by atoms with Crippen LogP contribution >= 0.6 is 0 Å². The van der Waals surface area contributed by atoms with Gasteiger partial charge in [0.15, 0.2) is 5.78 Å². The number of aliphatic carboxylic acids is 1. The maximum Gasteiger partial charge on any atom is 0.309 e. The summed E-state index contributed by atoms with van der Waals surface area (Å²) in [6, 6.07) is 3.58. The van der Waals surface area contributed by atoms with Crippen LogP contribution in [0.4, 0.5) is 0 Å². The van der Waals surface area contributed by atoms with Crippen LogP contribution in [-0.4, -0.2) is 56.8 Å². The number of nitrogens with zero attached hydrogens (tertiary/aromatic N) is 1. The summed E-state index contributed by atoms with van der Waals surface area (Å²) in [7, 11) is 0. The monoisotopic (exact) mass is 840 g/mol. The first-order valence-corrected chi connectivity index (χ1v) is 23.8. The van der Waals surface area contributed by atoms with Crippen molar-refractivity contribution >= 4 is 29.5 Å². The molecule has 8 rings (SSSR count). The highest BCUT2D eigenvalue weighted by atomic mass is 16.5. The zero-order valence-corrected chi connectivity index (χ0v) is 38.7. The predicted octanol–water partition coefficient (Wildman–Crippen LogP) is 9.33. The normalized spacial score (nSPS) is 39.4. The number of hydrogen-bond acceptors (Lipinski definition) is 7. The molecule has 1 heterocycles. The van der Waals surface area contributed by atoms with Gasteiger partial charge < -0.3 is 20.5 Å². The number of aryl methyl sites for hydroxylation is 1. The van der Waals surface area contributed by atoms with Crippen molar-refractivity contribution in [3.63, 3.8) is 0 Å². The molecule has 7 aliphatic carbocycles. The van der Waals surface area contributed by atoms with Crippen molar-refractivity contribution in [1.29, 1.82) is 0 Å². The van der Waals surface area contributed by atoms with E-state index < -0.39 is 34.3 Å². The quantitative estimate of drug-likeness (QED) is 0.219. The van der Waals surface area contributed by atoms with Crippen LogP contribution < -0.4 is 10.6 Å². The molecule has 0 bridgehead atoms. The number of Topliss-reactive ketones (excluding diaryl/α,β-unsaturated/α-hetero) is 1. The number of esters is 1. The Kier molecular flexibility index (Phi) is 10.7. The fourth-order valence-electron chi connectivity index (χ4n) is 15.7. The molecule has 10 nitrogen and oxygen atoms in total. The van der Waals surface area contributed by atoms with E-state index in [2.05, 4.69) is 64.1 Å². The maximum atomic E-state index is 15.0. The number of ether oxygens (including phenoxy) is 1. The molecule has 0 unspecified atom stereocenters. The minimum atomic E-state index is -1.06. The largest absolute Gasteiger partial charge is 0.481 e. The number of allylic oxidation sites excluding steroid dienone is 1. The third kappa shape index (κ3) is 6.50. The van der Waals surface area contributed by atoms with Gasteiger partial charge in [0.25, 0.3) is 5.91 Å². The molecule has 3 N–H and O–H groups in total. The Morgan fingerprint density at radius 2 is 1.49 bits per heavy atom. The molecule has 2 amide bonds. The molecular formula is C51H73N3O7. The molecule has 0 aliphatic heterocycles. The molecular weight excluding hydrogens is 767 g/mol. The molecule has 1 aromatic heterocycles. The highest BCUT2D eigenvalue weighted by molar-refractivity contribution is 6.04. The van der Waals surface area contributed by atoms with Gasteiger partial charge in [-0.15, -0.1) is 0 Å². The fraction of sp³-hybridized carbons (Fsp3) is 0.765. The molecule has 61 heavy (non-hydrogen) atoms. The first kappa shape index (κ1) is 44.1. The number of carbonyl (C=O) groups is 5. The zero-order chi connectivity index (χ0) is 44.3. The van der Waals surface area contributed by atoms with E-state index in [1.165, 1.54) is 5.57 Å². The second-order valence-electron chi connectivity index (χ2n) is 23.3. The SMILES string of the molecule is Cc1ccc(C(=O)NC2(C(=O)N[C@@]34CC[C@]5(C)[C@H](CC[C@@H]6[C@@]7(C)CC[C@H](OC(=O)[C@H]8C[C@@H](C(=O)O)C8(C)C)C(C)(C)[C@@H]7CC[C@]65C)C3=C(C(C)C)C(=O)C4)CCCCC2)cn1. The number of hydrogen-bond donors (Lipinski definition) is 3. The van der Waals surface area contributed by atoms with Crippen molar-refractivity contribution < 1.29 is 33.8 Å². The number of pyridine rings is 1. The number of carboxylic acid groups (broad SMARTS) is 1. The molecule has 6 fully saturated rings. The van der Waals surface area contributed by atoms with Gasteiger partial charge in [-0.3, -0.25) is 29.0 Å². The minimum absolute atomic E-state index is 0.0138. The van der Waals surface area contributed by atoms with E-state index in [0.29, 0.717) is 43.1 Å². The van der Waals surface area contributed by atoms with Crippen molar-refractivity contribution in [2.75, 3.05) is 0 Å². The summed E-state index contributed by atoms with van der Waals surface area (Å²) in [5.41, 5.74) is 0.564. The lowest BCUT2D eigenvalue weighted by Gasteiger charge is -2.72. The van der Waals surface area contributed by atoms with Gasteiger partial charge in [-0.05, 0) is 146 Å². The molecule has 0 aromatic carbocycles. The zero-order valence-electron chi connectivity index (χ0n) is 38.7. The highest BCUT2D eigenvalue weighted by Gasteiger charge is 2.71. The fourth-order valence-corrected chi connectivity index (χ4v) is 15.7. The van der Waals surface area contributed by atoms with Crippen molar-refractivity contribution in [1.82, 2.24) is 15.6 Å². The lowest BCUT2D eigenvalue weighted by molar-refractivity contribution is -0.235. The van der Waals surface area contributed by atoms with Crippen molar-refractivity contribution in [3.05, 3.63) is 40.7 Å². The second-order valence-corrected chi connectivity index (χ2v) is 23.3. The number of amides is 2. The van der Waals surface area contributed by atoms with E-state index in [1.807, 2.05) is 26.8 Å². The smallest absolute Gasteiger partial charge is 0.309 e. The first-order chi connectivity index (χ1) is 28.5. The Balaban J connectivity index is 1.06. The summed E-state index contributed by atoms with van der Waals surface area (Å²) in [6.45, 7) is 22.1. The molecule has 0 saturated heterocycles. The summed E-state index contributed by atoms with van der Waals surface area (Å²) in [5, 5.41) is 16.5. The topological polar surface area (TPSA) is 152 Å². The van der Waals surface area contributed by atoms with Crippen LogP contribution in [0.2, 0.25) is 0 Å². The van der Waals surface area contributed by atoms with E-state index in [-0.39, 0.29) is 69.6 Å². The molecule has 7 aliphatic rings. The number of fused-ring (bicyclic) bond motifs is 7. The Morgan fingerprint density at radius 1 is 0.787 bits per heavy atom. The average Bonchev–Trinajstić information content (AvgIpc) is 3.47. The van der Waals surface area contributed by atoms with Crippen LogP contribution in [0.1, 0.15) is 175 Å². The number of nitrogens with one attached hydrogen (secondary N) is 2.